The summed E-state index contributed by atoms with van der Waals surface area (Å²) in [5.41, 5.74) is 4.02. The highest BCUT2D eigenvalue weighted by molar-refractivity contribution is 5.74. The number of rotatable bonds is 23. The molecule has 0 aliphatic heterocycles. The van der Waals surface area contributed by atoms with Gasteiger partial charge in [0.2, 0.25) is 0 Å². The van der Waals surface area contributed by atoms with Crippen LogP contribution in [0, 0.1) is 11.3 Å². The molecule has 0 aromatic rings. The fourth-order valence-corrected chi connectivity index (χ4v) is 7.11. The Labute approximate surface area is 293 Å². The molecule has 1 N–H and O–H groups in total. The lowest BCUT2D eigenvalue weighted by Crippen LogP contribution is -2.52. The quantitative estimate of drug-likeness (QED) is 0.0382. The predicted molar refractivity (Wildman–Crippen MR) is 199 cm³/mol. The molecule has 1 unspecified atom stereocenters. The molecule has 0 spiro atoms. The van der Waals surface area contributed by atoms with Crippen molar-refractivity contribution in [2.75, 3.05) is 6.61 Å². The van der Waals surface area contributed by atoms with Crippen molar-refractivity contribution in [1.29, 1.82) is 0 Å². The molecule has 4 atom stereocenters. The first-order valence-corrected chi connectivity index (χ1v) is 18.8. The van der Waals surface area contributed by atoms with Crippen molar-refractivity contribution < 1.29 is 29.0 Å². The maximum absolute atomic E-state index is 12.4. The summed E-state index contributed by atoms with van der Waals surface area (Å²) in [5.74, 6) is -0.451. The molecule has 0 aromatic carbocycles. The molecule has 48 heavy (non-hydrogen) atoms. The number of hydrogen-bond acceptors (Lipinski definition) is 6. The topological polar surface area (TPSA) is 89.9 Å². The van der Waals surface area contributed by atoms with Gasteiger partial charge in [-0.15, -0.1) is 0 Å². The second-order valence-electron chi connectivity index (χ2n) is 15.0. The Morgan fingerprint density at radius 1 is 0.896 bits per heavy atom. The van der Waals surface area contributed by atoms with E-state index in [9.17, 15) is 19.5 Å². The van der Waals surface area contributed by atoms with Gasteiger partial charge >= 0.3 is 11.9 Å². The van der Waals surface area contributed by atoms with Crippen LogP contribution >= 0.6 is 0 Å². The Morgan fingerprint density at radius 3 is 2.19 bits per heavy atom. The molecule has 1 rings (SSSR count). The highest BCUT2D eigenvalue weighted by Gasteiger charge is 2.52. The van der Waals surface area contributed by atoms with Crippen molar-refractivity contribution in [3.05, 3.63) is 46.1 Å². The molecule has 0 heterocycles. The van der Waals surface area contributed by atoms with Crippen LogP contribution in [0.25, 0.3) is 0 Å². The first kappa shape index (κ1) is 43.6. The second-order valence-corrected chi connectivity index (χ2v) is 15.0. The molecule has 1 saturated carbocycles. The molecule has 6 nitrogen and oxygen atoms in total. The highest BCUT2D eigenvalue weighted by atomic mass is 16.5. The molecule has 0 bridgehead atoms. The van der Waals surface area contributed by atoms with Crippen LogP contribution in [0.5, 0.6) is 0 Å². The van der Waals surface area contributed by atoms with Gasteiger partial charge in [-0.2, -0.15) is 0 Å². The maximum Gasteiger partial charge on any atom is 0.305 e. The first-order chi connectivity index (χ1) is 22.7. The average Bonchev–Trinajstić information content (AvgIpc) is 3.02. The van der Waals surface area contributed by atoms with Gasteiger partial charge in [0.05, 0.1) is 12.2 Å². The van der Waals surface area contributed by atoms with E-state index in [1.807, 2.05) is 20.8 Å². The summed E-state index contributed by atoms with van der Waals surface area (Å²) in [6, 6.07) is 0. The van der Waals surface area contributed by atoms with E-state index in [2.05, 4.69) is 52.8 Å². The lowest BCUT2D eigenvalue weighted by atomic mass is 9.54. The van der Waals surface area contributed by atoms with Gasteiger partial charge in [0.25, 0.3) is 0 Å². The third-order valence-corrected chi connectivity index (χ3v) is 10.6. The summed E-state index contributed by atoms with van der Waals surface area (Å²) in [6.45, 7) is 18.3. The zero-order valence-electron chi connectivity index (χ0n) is 32.2. The standard InChI is InChI=1S/C42H70O6/c1-10-11-12-13-14-15-16-24-40(45)47-30-19-23-38-37(35(6)31-43)27-29-42(9,46)41(38,8)28-18-22-34(5)39(48-36(7)44)26-25-33(4)21-17-20-32(2)3/h20,22,25,31,38-39,46H,10-19,21,23-24,26-30H2,1-9H3/b33-25+,34-22+,37-35-/t38?,39-,41+,42+/m1/s1. The molecule has 6 heteroatoms. The number of aldehydes is 1. The van der Waals surface area contributed by atoms with Crippen molar-refractivity contribution in [3.63, 3.8) is 0 Å². The van der Waals surface area contributed by atoms with E-state index >= 15 is 0 Å². The van der Waals surface area contributed by atoms with Crippen LogP contribution in [0.4, 0.5) is 0 Å². The summed E-state index contributed by atoms with van der Waals surface area (Å²) in [6.07, 6.45) is 22.5. The van der Waals surface area contributed by atoms with Crippen molar-refractivity contribution in [1.82, 2.24) is 0 Å². The lowest BCUT2D eigenvalue weighted by Gasteiger charge is -2.53. The summed E-state index contributed by atoms with van der Waals surface area (Å²) < 4.78 is 11.3. The smallest absolute Gasteiger partial charge is 0.305 e. The van der Waals surface area contributed by atoms with E-state index in [1.165, 1.54) is 50.2 Å². The van der Waals surface area contributed by atoms with Crippen LogP contribution in [-0.2, 0) is 23.9 Å². The number of hydrogen-bond donors (Lipinski definition) is 1. The number of esters is 2. The molecule has 0 saturated heterocycles. The van der Waals surface area contributed by atoms with Gasteiger partial charge in [0, 0.05) is 25.2 Å². The normalized spacial score (nSPS) is 23.3. The molecule has 1 fully saturated rings. The van der Waals surface area contributed by atoms with E-state index in [0.29, 0.717) is 51.6 Å². The third-order valence-electron chi connectivity index (χ3n) is 10.6. The molecule has 1 aliphatic rings. The summed E-state index contributed by atoms with van der Waals surface area (Å²) in [5, 5.41) is 11.8. The molecular formula is C42H70O6. The van der Waals surface area contributed by atoms with Gasteiger partial charge < -0.3 is 14.6 Å². The fraction of sp³-hybridized carbons (Fsp3) is 0.738. The average molecular weight is 671 g/mol. The van der Waals surface area contributed by atoms with Crippen molar-refractivity contribution in [3.8, 4) is 0 Å². The van der Waals surface area contributed by atoms with E-state index in [0.717, 1.165) is 55.1 Å². The van der Waals surface area contributed by atoms with Gasteiger partial charge in [0.15, 0.2) is 0 Å². The Bertz CT molecular complexity index is 1120. The van der Waals surface area contributed by atoms with Crippen LogP contribution in [0.3, 0.4) is 0 Å². The van der Waals surface area contributed by atoms with Gasteiger partial charge in [-0.05, 0) is 116 Å². The van der Waals surface area contributed by atoms with Crippen molar-refractivity contribution in [2.45, 2.75) is 183 Å². The summed E-state index contributed by atoms with van der Waals surface area (Å²) >= 11 is 0. The van der Waals surface area contributed by atoms with Crippen LogP contribution in [0.2, 0.25) is 0 Å². The van der Waals surface area contributed by atoms with Crippen molar-refractivity contribution in [2.24, 2.45) is 11.3 Å². The predicted octanol–water partition coefficient (Wildman–Crippen LogP) is 10.9. The van der Waals surface area contributed by atoms with E-state index in [-0.39, 0.29) is 24.0 Å². The largest absolute Gasteiger partial charge is 0.466 e. The van der Waals surface area contributed by atoms with Gasteiger partial charge in [-0.25, -0.2) is 0 Å². The van der Waals surface area contributed by atoms with Crippen LogP contribution in [0.1, 0.15) is 171 Å². The Balaban J connectivity index is 2.96. The number of aliphatic hydroxyl groups is 1. The fourth-order valence-electron chi connectivity index (χ4n) is 7.11. The molecule has 0 amide bonds. The Morgan fingerprint density at radius 2 is 1.56 bits per heavy atom. The maximum atomic E-state index is 12.4. The zero-order chi connectivity index (χ0) is 36.2. The van der Waals surface area contributed by atoms with E-state index < -0.39 is 11.0 Å². The second kappa shape index (κ2) is 23.0. The number of allylic oxidation sites excluding steroid dienone is 6. The van der Waals surface area contributed by atoms with E-state index in [4.69, 9.17) is 9.47 Å². The minimum Gasteiger partial charge on any atom is -0.466 e. The van der Waals surface area contributed by atoms with E-state index in [1.54, 1.807) is 0 Å². The molecule has 274 valence electrons. The number of carbonyl (C=O) groups is 3. The zero-order valence-corrected chi connectivity index (χ0v) is 32.2. The lowest BCUT2D eigenvalue weighted by molar-refractivity contribution is -0.145. The monoisotopic (exact) mass is 671 g/mol. The number of ether oxygens (including phenoxy) is 2. The Kier molecular flexibility index (Phi) is 20.9. The van der Waals surface area contributed by atoms with Gasteiger partial charge in [0.1, 0.15) is 12.4 Å². The minimum absolute atomic E-state index is 0.0161. The third kappa shape index (κ3) is 15.8. The molecule has 0 aromatic heterocycles. The number of unbranched alkanes of at least 4 members (excludes halogenated alkanes) is 6. The summed E-state index contributed by atoms with van der Waals surface area (Å²) in [7, 11) is 0. The minimum atomic E-state index is -0.930. The van der Waals surface area contributed by atoms with Crippen molar-refractivity contribution >= 4 is 18.2 Å². The van der Waals surface area contributed by atoms with Gasteiger partial charge in [-0.1, -0.05) is 87.3 Å². The summed E-state index contributed by atoms with van der Waals surface area (Å²) in [4.78, 5) is 36.3. The molecule has 1 aliphatic carbocycles. The van der Waals surface area contributed by atoms with Crippen LogP contribution in [-0.4, -0.2) is 41.6 Å². The van der Waals surface area contributed by atoms with Gasteiger partial charge in [-0.3, -0.25) is 14.4 Å². The number of carbonyl (C=O) groups excluding carboxylic acids is 3. The molecular weight excluding hydrogens is 600 g/mol. The first-order valence-electron chi connectivity index (χ1n) is 18.8. The SMILES string of the molecule is CCCCCCCCCC(=O)OCCCC1/C(=C(/C)C=O)CC[C@](C)(O)[C@@]1(C)CC/C=C(\C)[C@@H](C/C=C(\C)CCC=C(C)C)OC(C)=O. The van der Waals surface area contributed by atoms with Crippen LogP contribution in [0.15, 0.2) is 46.1 Å². The Hall–Kier alpha value is -2.47. The highest BCUT2D eigenvalue weighted by Crippen LogP contribution is 2.55. The molecule has 0 radical (unpaired) electrons. The van der Waals surface area contributed by atoms with Crippen LogP contribution < -0.4 is 0 Å².